The van der Waals surface area contributed by atoms with Gasteiger partial charge in [-0.3, -0.25) is 0 Å². The minimum absolute atomic E-state index is 0.0554. The first-order chi connectivity index (χ1) is 9.10. The van der Waals surface area contributed by atoms with Gasteiger partial charge in [-0.1, -0.05) is 0 Å². The summed E-state index contributed by atoms with van der Waals surface area (Å²) < 4.78 is 10.1. The number of anilines is 1. The minimum atomic E-state index is -0.538. The number of ether oxygens (including phenoxy) is 2. The molecule has 0 radical (unpaired) electrons. The third-order valence-electron chi connectivity index (χ3n) is 2.33. The van der Waals surface area contributed by atoms with Gasteiger partial charge in [0.25, 0.3) is 0 Å². The lowest BCUT2D eigenvalue weighted by Crippen LogP contribution is -2.08. The molecule has 2 N–H and O–H groups in total. The van der Waals surface area contributed by atoms with E-state index in [1.165, 1.54) is 11.9 Å². The van der Waals surface area contributed by atoms with Crippen LogP contribution in [0.25, 0.3) is 0 Å². The highest BCUT2D eigenvalue weighted by molar-refractivity contribution is 5.93. The van der Waals surface area contributed by atoms with Crippen molar-refractivity contribution in [1.29, 1.82) is 0 Å². The number of nitrogens with zero attached hydrogens (tertiary/aromatic N) is 4. The monoisotopic (exact) mass is 263 g/mol. The zero-order valence-corrected chi connectivity index (χ0v) is 10.5. The summed E-state index contributed by atoms with van der Waals surface area (Å²) in [6.45, 7) is -0.0554. The molecule has 8 nitrogen and oxygen atoms in total. The van der Waals surface area contributed by atoms with Gasteiger partial charge in [0.05, 0.1) is 14.2 Å². The van der Waals surface area contributed by atoms with Crippen LogP contribution < -0.4 is 10.5 Å². The number of hydrogen-bond acceptors (Lipinski definition) is 7. The summed E-state index contributed by atoms with van der Waals surface area (Å²) >= 11 is 0. The molecule has 0 amide bonds. The number of nitrogen functional groups attached to an aromatic ring is 1. The Morgan fingerprint density at radius 3 is 2.89 bits per heavy atom. The van der Waals surface area contributed by atoms with Gasteiger partial charge in [0, 0.05) is 11.8 Å². The second kappa shape index (κ2) is 5.34. The minimum Gasteiger partial charge on any atom is -0.496 e. The van der Waals surface area contributed by atoms with Crippen LogP contribution in [-0.2, 0) is 18.4 Å². The van der Waals surface area contributed by atoms with Gasteiger partial charge in [0.15, 0.2) is 6.61 Å². The summed E-state index contributed by atoms with van der Waals surface area (Å²) in [6, 6.07) is 4.69. The van der Waals surface area contributed by atoms with Gasteiger partial charge in [-0.2, -0.15) is 4.80 Å². The average Bonchev–Trinajstić information content (AvgIpc) is 2.81. The molecule has 2 aromatic rings. The quantitative estimate of drug-likeness (QED) is 0.618. The van der Waals surface area contributed by atoms with E-state index in [2.05, 4.69) is 15.4 Å². The van der Waals surface area contributed by atoms with Gasteiger partial charge in [-0.05, 0) is 17.3 Å². The van der Waals surface area contributed by atoms with Crippen molar-refractivity contribution in [2.45, 2.75) is 6.61 Å². The molecule has 0 aliphatic rings. The van der Waals surface area contributed by atoms with Gasteiger partial charge in [-0.15, -0.1) is 10.2 Å². The van der Waals surface area contributed by atoms with Crippen LogP contribution in [0.4, 0.5) is 5.69 Å². The number of rotatable bonds is 4. The smallest absolute Gasteiger partial charge is 0.342 e. The Labute approximate surface area is 109 Å². The van der Waals surface area contributed by atoms with Crippen LogP contribution in [-0.4, -0.2) is 33.3 Å². The highest BCUT2D eigenvalue weighted by atomic mass is 16.5. The number of carbonyl (C=O) groups excluding carboxylic acids is 1. The van der Waals surface area contributed by atoms with Crippen LogP contribution >= 0.6 is 0 Å². The number of hydrogen-bond donors (Lipinski definition) is 1. The molecule has 1 aromatic carbocycles. The van der Waals surface area contributed by atoms with Crippen molar-refractivity contribution >= 4 is 11.7 Å². The third kappa shape index (κ3) is 2.97. The highest BCUT2D eigenvalue weighted by Crippen LogP contribution is 2.22. The van der Waals surface area contributed by atoms with Crippen molar-refractivity contribution in [3.05, 3.63) is 29.6 Å². The molecule has 19 heavy (non-hydrogen) atoms. The molecule has 0 bridgehead atoms. The molecule has 0 saturated carbocycles. The van der Waals surface area contributed by atoms with Crippen molar-refractivity contribution in [1.82, 2.24) is 20.2 Å². The number of carbonyl (C=O) groups is 1. The molecule has 1 heterocycles. The zero-order chi connectivity index (χ0) is 13.8. The van der Waals surface area contributed by atoms with Gasteiger partial charge in [0.2, 0.25) is 5.82 Å². The number of tetrazole rings is 1. The van der Waals surface area contributed by atoms with E-state index in [0.29, 0.717) is 22.8 Å². The molecule has 8 heteroatoms. The molecule has 0 atom stereocenters. The normalized spacial score (nSPS) is 10.2. The van der Waals surface area contributed by atoms with Crippen molar-refractivity contribution in [2.24, 2.45) is 7.05 Å². The lowest BCUT2D eigenvalue weighted by molar-refractivity contribution is 0.0458. The predicted octanol–water partition coefficient (Wildman–Crippen LogP) is 0.158. The molecule has 1 aromatic heterocycles. The number of nitrogens with two attached hydrogens (primary N) is 1. The van der Waals surface area contributed by atoms with E-state index in [9.17, 15) is 4.79 Å². The van der Waals surface area contributed by atoms with Crippen LogP contribution in [0.2, 0.25) is 0 Å². The molecule has 100 valence electrons. The van der Waals surface area contributed by atoms with E-state index >= 15 is 0 Å². The van der Waals surface area contributed by atoms with E-state index in [1.807, 2.05) is 0 Å². The molecule has 0 fully saturated rings. The summed E-state index contributed by atoms with van der Waals surface area (Å²) in [7, 11) is 3.08. The van der Waals surface area contributed by atoms with Crippen LogP contribution in [0.5, 0.6) is 5.75 Å². The topological polar surface area (TPSA) is 105 Å². The maximum atomic E-state index is 11.9. The largest absolute Gasteiger partial charge is 0.496 e. The zero-order valence-electron chi connectivity index (χ0n) is 10.5. The predicted molar refractivity (Wildman–Crippen MR) is 65.3 cm³/mol. The Kier molecular flexibility index (Phi) is 3.60. The summed E-state index contributed by atoms with van der Waals surface area (Å²) in [6.07, 6.45) is 0. The van der Waals surface area contributed by atoms with Crippen LogP contribution in [0, 0.1) is 0 Å². The molecule has 0 aliphatic carbocycles. The summed E-state index contributed by atoms with van der Waals surface area (Å²) in [4.78, 5) is 13.2. The summed E-state index contributed by atoms with van der Waals surface area (Å²) in [5, 5.41) is 11.2. The van der Waals surface area contributed by atoms with E-state index in [0.717, 1.165) is 0 Å². The number of benzene rings is 1. The summed E-state index contributed by atoms with van der Waals surface area (Å²) in [5.74, 6) is 0.145. The maximum absolute atomic E-state index is 11.9. The lowest BCUT2D eigenvalue weighted by Gasteiger charge is -2.08. The molecule has 0 aliphatic heterocycles. The molecule has 2 rings (SSSR count). The Morgan fingerprint density at radius 1 is 1.47 bits per heavy atom. The van der Waals surface area contributed by atoms with E-state index in [1.54, 1.807) is 25.2 Å². The van der Waals surface area contributed by atoms with Crippen molar-refractivity contribution in [3.8, 4) is 5.75 Å². The van der Waals surface area contributed by atoms with E-state index < -0.39 is 5.97 Å². The number of esters is 1. The Hall–Kier alpha value is -2.64. The Balaban J connectivity index is 2.07. The van der Waals surface area contributed by atoms with Crippen LogP contribution in [0.3, 0.4) is 0 Å². The summed E-state index contributed by atoms with van der Waals surface area (Å²) in [5.41, 5.74) is 6.40. The second-order valence-electron chi connectivity index (χ2n) is 3.73. The first-order valence-corrected chi connectivity index (χ1v) is 5.43. The van der Waals surface area contributed by atoms with Gasteiger partial charge >= 0.3 is 5.97 Å². The fourth-order valence-corrected chi connectivity index (χ4v) is 1.47. The van der Waals surface area contributed by atoms with Gasteiger partial charge in [-0.25, -0.2) is 4.79 Å². The number of aryl methyl sites for hydroxylation is 1. The van der Waals surface area contributed by atoms with Crippen LogP contribution in [0.15, 0.2) is 18.2 Å². The fraction of sp³-hybridized carbons (Fsp3) is 0.273. The van der Waals surface area contributed by atoms with Crippen molar-refractivity contribution in [3.63, 3.8) is 0 Å². The first-order valence-electron chi connectivity index (χ1n) is 5.43. The Bertz CT molecular complexity index is 596. The third-order valence-corrected chi connectivity index (χ3v) is 2.33. The van der Waals surface area contributed by atoms with E-state index in [4.69, 9.17) is 15.2 Å². The number of methoxy groups -OCH3 is 1. The fourth-order valence-electron chi connectivity index (χ4n) is 1.47. The highest BCUT2D eigenvalue weighted by Gasteiger charge is 2.15. The molecule has 0 saturated heterocycles. The van der Waals surface area contributed by atoms with Crippen molar-refractivity contribution in [2.75, 3.05) is 12.8 Å². The molecular weight excluding hydrogens is 250 g/mol. The lowest BCUT2D eigenvalue weighted by atomic mass is 10.2. The van der Waals surface area contributed by atoms with Gasteiger partial charge in [0.1, 0.15) is 11.3 Å². The maximum Gasteiger partial charge on any atom is 0.342 e. The first kappa shape index (κ1) is 12.8. The van der Waals surface area contributed by atoms with Crippen molar-refractivity contribution < 1.29 is 14.3 Å². The molecular formula is C11H13N5O3. The Morgan fingerprint density at radius 2 is 2.26 bits per heavy atom. The molecule has 0 spiro atoms. The van der Waals surface area contributed by atoms with Crippen LogP contribution in [0.1, 0.15) is 16.2 Å². The number of aromatic nitrogens is 4. The second-order valence-corrected chi connectivity index (χ2v) is 3.73. The standard InChI is InChI=1S/C11H13N5O3/c1-16-14-10(13-15-16)6-19-11(17)8-4-3-7(12)5-9(8)18-2/h3-5H,6,12H2,1-2H3. The van der Waals surface area contributed by atoms with Gasteiger partial charge < -0.3 is 15.2 Å². The van der Waals surface area contributed by atoms with E-state index in [-0.39, 0.29) is 6.61 Å². The average molecular weight is 263 g/mol. The SMILES string of the molecule is COc1cc(N)ccc1C(=O)OCc1nnn(C)n1. The molecule has 0 unspecified atom stereocenters.